The normalized spacial score (nSPS) is 21.9. The van der Waals surface area contributed by atoms with E-state index in [1.54, 1.807) is 0 Å². The quantitative estimate of drug-likeness (QED) is 0.469. The lowest BCUT2D eigenvalue weighted by Gasteiger charge is -2.31. The molecule has 1 N–H and O–H groups in total. The maximum atomic E-state index is 11.0. The van der Waals surface area contributed by atoms with Crippen LogP contribution in [0.4, 0.5) is 0 Å². The van der Waals surface area contributed by atoms with Crippen LogP contribution in [0.15, 0.2) is 0 Å². The Kier molecular flexibility index (Phi) is 9.13. The lowest BCUT2D eigenvalue weighted by atomic mass is 9.94. The van der Waals surface area contributed by atoms with E-state index >= 15 is 0 Å². The molecule has 0 aromatic carbocycles. The number of hydrogen-bond acceptors (Lipinski definition) is 4. The van der Waals surface area contributed by atoms with Gasteiger partial charge in [-0.15, -0.1) is 0 Å². The molecule has 1 saturated heterocycles. The molecule has 0 spiro atoms. The third-order valence-electron chi connectivity index (χ3n) is 5.68. The fourth-order valence-electron chi connectivity index (χ4n) is 4.00. The van der Waals surface area contributed by atoms with Gasteiger partial charge in [0.15, 0.2) is 0 Å². The third kappa shape index (κ3) is 7.91. The molecule has 2 aliphatic rings. The summed E-state index contributed by atoms with van der Waals surface area (Å²) < 4.78 is 38.1. The van der Waals surface area contributed by atoms with Crippen molar-refractivity contribution in [1.82, 2.24) is 9.21 Å². The highest BCUT2D eigenvalue weighted by molar-refractivity contribution is 7.83. The Morgan fingerprint density at radius 2 is 1.64 bits per heavy atom. The maximum absolute atomic E-state index is 11.0. The molecule has 1 saturated carbocycles. The summed E-state index contributed by atoms with van der Waals surface area (Å²) in [5.74, 6) is 0. The Labute approximate surface area is 153 Å². The molecule has 25 heavy (non-hydrogen) atoms. The summed E-state index contributed by atoms with van der Waals surface area (Å²) in [5, 5.41) is 0. The van der Waals surface area contributed by atoms with Crippen LogP contribution in [-0.4, -0.2) is 67.6 Å². The van der Waals surface area contributed by atoms with Crippen LogP contribution in [0.25, 0.3) is 0 Å². The molecule has 1 heterocycles. The Bertz CT molecular complexity index is 458. The third-order valence-corrected chi connectivity index (χ3v) is 6.70. The Morgan fingerprint density at radius 3 is 2.28 bits per heavy atom. The first kappa shape index (κ1) is 21.1. The van der Waals surface area contributed by atoms with Gasteiger partial charge in [0.2, 0.25) is 0 Å². The summed E-state index contributed by atoms with van der Waals surface area (Å²) >= 11 is 0. The van der Waals surface area contributed by atoms with Crippen LogP contribution in [0.1, 0.15) is 70.6 Å². The topological polar surface area (TPSA) is 70.1 Å². The van der Waals surface area contributed by atoms with Gasteiger partial charge < -0.3 is 9.64 Å². The van der Waals surface area contributed by atoms with Gasteiger partial charge >= 0.3 is 10.3 Å². The second-order valence-electron chi connectivity index (χ2n) is 7.63. The van der Waals surface area contributed by atoms with E-state index in [9.17, 15) is 8.42 Å². The highest BCUT2D eigenvalue weighted by Gasteiger charge is 2.26. The predicted molar refractivity (Wildman–Crippen MR) is 100 cm³/mol. The molecule has 1 aliphatic heterocycles. The van der Waals surface area contributed by atoms with Gasteiger partial charge in [0, 0.05) is 25.7 Å². The standard InChI is InChI=1S/C18H36N2O4S/c1-19(17-9-5-4-6-10-17)13-7-2-3-8-16-24-18-11-14-20(15-12-18)25(21,22)23/h17-18H,2-16H2,1H3,(H,21,22,23). The second kappa shape index (κ2) is 10.8. The van der Waals surface area contributed by atoms with Crippen LogP contribution >= 0.6 is 0 Å². The molecule has 1 aliphatic carbocycles. The smallest absolute Gasteiger partial charge is 0.335 e. The molecule has 2 rings (SSSR count). The van der Waals surface area contributed by atoms with Crippen LogP contribution in [0, 0.1) is 0 Å². The fourth-order valence-corrected chi connectivity index (χ4v) is 4.67. The van der Waals surface area contributed by atoms with Crippen molar-refractivity contribution in [2.24, 2.45) is 0 Å². The monoisotopic (exact) mass is 376 g/mol. The molecule has 7 heteroatoms. The number of rotatable bonds is 10. The lowest BCUT2D eigenvalue weighted by Crippen LogP contribution is -2.40. The van der Waals surface area contributed by atoms with Crippen molar-refractivity contribution in [2.75, 3.05) is 33.3 Å². The van der Waals surface area contributed by atoms with Crippen molar-refractivity contribution in [1.29, 1.82) is 0 Å². The Morgan fingerprint density at radius 1 is 1.00 bits per heavy atom. The van der Waals surface area contributed by atoms with Crippen molar-refractivity contribution in [2.45, 2.75) is 82.8 Å². The first-order valence-corrected chi connectivity index (χ1v) is 11.4. The number of piperidine rings is 1. The molecule has 0 aromatic rings. The van der Waals surface area contributed by atoms with Gasteiger partial charge in [-0.25, -0.2) is 0 Å². The van der Waals surface area contributed by atoms with Crippen LogP contribution in [0.2, 0.25) is 0 Å². The minimum absolute atomic E-state index is 0.135. The van der Waals surface area contributed by atoms with Crippen molar-refractivity contribution >= 4 is 10.3 Å². The van der Waals surface area contributed by atoms with Crippen LogP contribution in [-0.2, 0) is 15.0 Å². The zero-order valence-corrected chi connectivity index (χ0v) is 16.6. The van der Waals surface area contributed by atoms with E-state index in [0.29, 0.717) is 25.9 Å². The van der Waals surface area contributed by atoms with Crippen molar-refractivity contribution in [3.05, 3.63) is 0 Å². The Hall–Kier alpha value is -0.210. The number of unbranched alkanes of at least 4 members (excludes halogenated alkanes) is 3. The highest BCUT2D eigenvalue weighted by Crippen LogP contribution is 2.22. The molecule has 0 bridgehead atoms. The maximum Gasteiger partial charge on any atom is 0.335 e. The van der Waals surface area contributed by atoms with Gasteiger partial charge in [0.05, 0.1) is 6.10 Å². The van der Waals surface area contributed by atoms with Gasteiger partial charge in [-0.05, 0) is 52.1 Å². The summed E-state index contributed by atoms with van der Waals surface area (Å²) in [4.78, 5) is 2.55. The molecule has 0 atom stereocenters. The predicted octanol–water partition coefficient (Wildman–Crippen LogP) is 3.10. The SMILES string of the molecule is CN(CCCCCCOC1CCN(S(=O)(=O)O)CC1)C1CCCCC1. The zero-order valence-electron chi connectivity index (χ0n) is 15.7. The minimum atomic E-state index is -4.03. The summed E-state index contributed by atoms with van der Waals surface area (Å²) in [7, 11) is -1.75. The largest absolute Gasteiger partial charge is 0.378 e. The fraction of sp³-hybridized carbons (Fsp3) is 1.00. The second-order valence-corrected chi connectivity index (χ2v) is 9.05. The number of nitrogens with zero attached hydrogens (tertiary/aromatic N) is 2. The molecule has 0 aromatic heterocycles. The zero-order chi connectivity index (χ0) is 18.1. The van der Waals surface area contributed by atoms with Crippen LogP contribution in [0.3, 0.4) is 0 Å². The number of ether oxygens (including phenoxy) is 1. The van der Waals surface area contributed by atoms with Crippen molar-refractivity contribution in [3.63, 3.8) is 0 Å². The van der Waals surface area contributed by atoms with E-state index in [4.69, 9.17) is 9.29 Å². The summed E-state index contributed by atoms with van der Waals surface area (Å²) in [6.45, 7) is 2.68. The molecule has 0 radical (unpaired) electrons. The van der Waals surface area contributed by atoms with Crippen molar-refractivity contribution < 1.29 is 17.7 Å². The molecule has 2 fully saturated rings. The van der Waals surface area contributed by atoms with Gasteiger partial charge in [-0.2, -0.15) is 12.7 Å². The van der Waals surface area contributed by atoms with E-state index in [0.717, 1.165) is 23.4 Å². The molecule has 0 amide bonds. The Balaban J connectivity index is 1.43. The summed E-state index contributed by atoms with van der Waals surface area (Å²) in [5.41, 5.74) is 0. The van der Waals surface area contributed by atoms with Crippen LogP contribution in [0.5, 0.6) is 0 Å². The van der Waals surface area contributed by atoms with Gasteiger partial charge in [0.1, 0.15) is 0 Å². The van der Waals surface area contributed by atoms with Crippen molar-refractivity contribution in [3.8, 4) is 0 Å². The molecular weight excluding hydrogens is 340 g/mol. The molecular formula is C18H36N2O4S. The molecule has 0 unspecified atom stereocenters. The van der Waals surface area contributed by atoms with E-state index in [-0.39, 0.29) is 6.10 Å². The van der Waals surface area contributed by atoms with Gasteiger partial charge in [-0.1, -0.05) is 32.1 Å². The summed E-state index contributed by atoms with van der Waals surface area (Å²) in [6.07, 6.45) is 13.2. The van der Waals surface area contributed by atoms with Gasteiger partial charge in [0.25, 0.3) is 0 Å². The van der Waals surface area contributed by atoms with E-state index in [1.165, 1.54) is 57.9 Å². The highest BCUT2D eigenvalue weighted by atomic mass is 32.2. The molecule has 6 nitrogen and oxygen atoms in total. The average molecular weight is 377 g/mol. The van der Waals surface area contributed by atoms with Gasteiger partial charge in [-0.3, -0.25) is 4.55 Å². The average Bonchev–Trinajstić information content (AvgIpc) is 2.61. The van der Waals surface area contributed by atoms with E-state index in [2.05, 4.69) is 11.9 Å². The minimum Gasteiger partial charge on any atom is -0.378 e. The van der Waals surface area contributed by atoms with E-state index < -0.39 is 10.3 Å². The summed E-state index contributed by atoms with van der Waals surface area (Å²) in [6, 6.07) is 0.811. The number of hydrogen-bond donors (Lipinski definition) is 1. The molecule has 148 valence electrons. The lowest BCUT2D eigenvalue weighted by molar-refractivity contribution is 0.0181. The first-order chi connectivity index (χ1) is 12.0. The van der Waals surface area contributed by atoms with E-state index in [1.807, 2.05) is 0 Å². The van der Waals surface area contributed by atoms with Crippen LogP contribution < -0.4 is 0 Å². The first-order valence-electron chi connectivity index (χ1n) is 10.0.